The monoisotopic (exact) mass is 322 g/mol. The largest absolute Gasteiger partial charge is 0.426 e. The zero-order chi connectivity index (χ0) is 17.1. The lowest BCUT2D eigenvalue weighted by Gasteiger charge is -2.28. The van der Waals surface area contributed by atoms with Crippen molar-refractivity contribution in [3.05, 3.63) is 75.3 Å². The smallest absolute Gasteiger partial charge is 0.315 e. The van der Waals surface area contributed by atoms with Crippen LogP contribution in [0.5, 0.6) is 5.75 Å². The molecule has 120 valence electrons. The molecule has 24 heavy (non-hydrogen) atoms. The van der Waals surface area contributed by atoms with Crippen molar-refractivity contribution < 1.29 is 14.5 Å². The standard InChI is InChI=1S/C18H14N2O4/c19-10-12-5-7-13(8-6-12)16(11-20(22)23)15-9-14-3-1-2-4-17(14)24-18(15)21/h1-8,15-16H,9,11H2/t15-,16-/m1/s1. The molecule has 6 nitrogen and oxygen atoms in total. The molecular formula is C18H14N2O4. The van der Waals surface area contributed by atoms with Crippen LogP contribution in [0.25, 0.3) is 0 Å². The number of esters is 1. The number of para-hydroxylation sites is 1. The number of hydrogen-bond donors (Lipinski definition) is 0. The molecule has 0 bridgehead atoms. The van der Waals surface area contributed by atoms with Crippen LogP contribution in [0.2, 0.25) is 0 Å². The first kappa shape index (κ1) is 15.7. The Labute approximate surface area is 138 Å². The van der Waals surface area contributed by atoms with Gasteiger partial charge in [-0.15, -0.1) is 0 Å². The van der Waals surface area contributed by atoms with Crippen molar-refractivity contribution in [2.75, 3.05) is 6.54 Å². The lowest BCUT2D eigenvalue weighted by Crippen LogP contribution is -2.35. The van der Waals surface area contributed by atoms with E-state index in [1.165, 1.54) is 0 Å². The highest BCUT2D eigenvalue weighted by molar-refractivity contribution is 5.79. The summed E-state index contributed by atoms with van der Waals surface area (Å²) in [5.41, 5.74) is 1.99. The molecule has 1 heterocycles. The number of carbonyl (C=O) groups excluding carboxylic acids is 1. The first-order valence-corrected chi connectivity index (χ1v) is 7.50. The molecule has 3 rings (SSSR count). The minimum atomic E-state index is -0.627. The van der Waals surface area contributed by atoms with Crippen molar-refractivity contribution in [3.8, 4) is 11.8 Å². The Bertz CT molecular complexity index is 824. The summed E-state index contributed by atoms with van der Waals surface area (Å²) in [6.07, 6.45) is 0.396. The number of carbonyl (C=O) groups is 1. The second-order valence-electron chi connectivity index (χ2n) is 5.70. The van der Waals surface area contributed by atoms with Gasteiger partial charge in [0.1, 0.15) is 5.75 Å². The fraction of sp³-hybridized carbons (Fsp3) is 0.222. The molecule has 0 saturated heterocycles. The maximum atomic E-state index is 12.4. The summed E-state index contributed by atoms with van der Waals surface area (Å²) in [4.78, 5) is 23.1. The summed E-state index contributed by atoms with van der Waals surface area (Å²) in [7, 11) is 0. The second kappa shape index (κ2) is 6.50. The maximum Gasteiger partial charge on any atom is 0.315 e. The van der Waals surface area contributed by atoms with Gasteiger partial charge < -0.3 is 4.74 Å². The van der Waals surface area contributed by atoms with Crippen molar-refractivity contribution in [2.24, 2.45) is 5.92 Å². The molecule has 1 aliphatic heterocycles. The molecule has 0 aliphatic carbocycles. The van der Waals surface area contributed by atoms with Crippen LogP contribution >= 0.6 is 0 Å². The predicted molar refractivity (Wildman–Crippen MR) is 85.0 cm³/mol. The third kappa shape index (κ3) is 3.10. The molecule has 1 aliphatic rings. The van der Waals surface area contributed by atoms with Crippen LogP contribution in [0.15, 0.2) is 48.5 Å². The van der Waals surface area contributed by atoms with Crippen molar-refractivity contribution in [3.63, 3.8) is 0 Å². The molecule has 0 radical (unpaired) electrons. The fourth-order valence-corrected chi connectivity index (χ4v) is 3.01. The highest BCUT2D eigenvalue weighted by atomic mass is 16.6. The SMILES string of the molecule is N#Cc1ccc([C@@H](C[N+](=O)[O-])[C@H]2Cc3ccccc3OC2=O)cc1. The van der Waals surface area contributed by atoms with Gasteiger partial charge in [-0.1, -0.05) is 30.3 Å². The summed E-state index contributed by atoms with van der Waals surface area (Å²) < 4.78 is 5.36. The van der Waals surface area contributed by atoms with E-state index in [9.17, 15) is 14.9 Å². The molecule has 6 heteroatoms. The number of ether oxygens (including phenoxy) is 1. The lowest BCUT2D eigenvalue weighted by molar-refractivity contribution is -0.484. The van der Waals surface area contributed by atoms with Gasteiger partial charge >= 0.3 is 5.97 Å². The van der Waals surface area contributed by atoms with Gasteiger partial charge in [-0.3, -0.25) is 14.9 Å². The minimum absolute atomic E-state index is 0.367. The fourth-order valence-electron chi connectivity index (χ4n) is 3.01. The minimum Gasteiger partial charge on any atom is -0.426 e. The quantitative estimate of drug-likeness (QED) is 0.373. The molecule has 0 N–H and O–H groups in total. The van der Waals surface area contributed by atoms with Gasteiger partial charge in [-0.25, -0.2) is 0 Å². The van der Waals surface area contributed by atoms with E-state index >= 15 is 0 Å². The molecule has 0 fully saturated rings. The third-order valence-corrected chi connectivity index (χ3v) is 4.23. The van der Waals surface area contributed by atoms with Crippen molar-refractivity contribution in [1.29, 1.82) is 5.26 Å². The Balaban J connectivity index is 1.95. The number of fused-ring (bicyclic) bond motifs is 1. The van der Waals surface area contributed by atoms with E-state index in [0.29, 0.717) is 23.3 Å². The van der Waals surface area contributed by atoms with E-state index in [4.69, 9.17) is 10.00 Å². The Kier molecular flexibility index (Phi) is 4.25. The van der Waals surface area contributed by atoms with Gasteiger partial charge in [-0.05, 0) is 35.7 Å². The Morgan fingerprint density at radius 1 is 1.25 bits per heavy atom. The van der Waals surface area contributed by atoms with Gasteiger partial charge in [0.25, 0.3) is 0 Å². The summed E-state index contributed by atoms with van der Waals surface area (Å²) in [5.74, 6) is -1.17. The van der Waals surface area contributed by atoms with Gasteiger partial charge in [0.2, 0.25) is 6.54 Å². The summed E-state index contributed by atoms with van der Waals surface area (Å²) in [6.45, 7) is -0.367. The van der Waals surface area contributed by atoms with Crippen LogP contribution in [-0.2, 0) is 11.2 Å². The molecule has 0 amide bonds. The van der Waals surface area contributed by atoms with Crippen LogP contribution < -0.4 is 4.74 Å². The zero-order valence-electron chi connectivity index (χ0n) is 12.7. The number of nitro groups is 1. The molecule has 2 aromatic rings. The van der Waals surface area contributed by atoms with E-state index in [0.717, 1.165) is 5.56 Å². The zero-order valence-corrected chi connectivity index (χ0v) is 12.7. The number of benzene rings is 2. The van der Waals surface area contributed by atoms with Crippen molar-refractivity contribution >= 4 is 5.97 Å². The third-order valence-electron chi connectivity index (χ3n) is 4.23. The maximum absolute atomic E-state index is 12.4. The average molecular weight is 322 g/mol. The molecule has 2 aromatic carbocycles. The van der Waals surface area contributed by atoms with E-state index in [-0.39, 0.29) is 6.54 Å². The first-order chi connectivity index (χ1) is 11.6. The topological polar surface area (TPSA) is 93.2 Å². The molecule has 2 atom stereocenters. The molecule has 0 spiro atoms. The Hall–Kier alpha value is -3.20. The van der Waals surface area contributed by atoms with Gasteiger partial charge in [-0.2, -0.15) is 5.26 Å². The van der Waals surface area contributed by atoms with Crippen molar-refractivity contribution in [2.45, 2.75) is 12.3 Å². The second-order valence-corrected chi connectivity index (χ2v) is 5.70. The van der Waals surface area contributed by atoms with E-state index < -0.39 is 22.7 Å². The first-order valence-electron chi connectivity index (χ1n) is 7.50. The number of nitriles is 1. The highest BCUT2D eigenvalue weighted by Crippen LogP contribution is 2.36. The predicted octanol–water partition coefficient (Wildman–Crippen LogP) is 2.70. The Morgan fingerprint density at radius 3 is 2.62 bits per heavy atom. The van der Waals surface area contributed by atoms with Crippen molar-refractivity contribution in [1.82, 2.24) is 0 Å². The van der Waals surface area contributed by atoms with E-state index in [1.807, 2.05) is 18.2 Å². The Morgan fingerprint density at radius 2 is 1.96 bits per heavy atom. The van der Waals surface area contributed by atoms with Gasteiger partial charge in [0.15, 0.2) is 0 Å². The van der Waals surface area contributed by atoms with Gasteiger partial charge in [0, 0.05) is 4.92 Å². The highest BCUT2D eigenvalue weighted by Gasteiger charge is 2.38. The number of nitrogens with zero attached hydrogens (tertiary/aromatic N) is 2. The van der Waals surface area contributed by atoms with E-state index in [2.05, 4.69) is 0 Å². The number of hydrogen-bond acceptors (Lipinski definition) is 5. The van der Waals surface area contributed by atoms with Crippen LogP contribution in [0, 0.1) is 27.4 Å². The van der Waals surface area contributed by atoms with Crippen LogP contribution in [0.3, 0.4) is 0 Å². The molecular weight excluding hydrogens is 308 g/mol. The summed E-state index contributed by atoms with van der Waals surface area (Å²) in [5, 5.41) is 20.0. The summed E-state index contributed by atoms with van der Waals surface area (Å²) in [6, 6.07) is 15.7. The molecule has 0 saturated carbocycles. The number of rotatable bonds is 4. The van der Waals surface area contributed by atoms with Crippen LogP contribution in [-0.4, -0.2) is 17.4 Å². The van der Waals surface area contributed by atoms with Crippen LogP contribution in [0.4, 0.5) is 0 Å². The lowest BCUT2D eigenvalue weighted by atomic mass is 9.80. The average Bonchev–Trinajstić information content (AvgIpc) is 2.59. The molecule has 0 aromatic heterocycles. The molecule has 0 unspecified atom stereocenters. The summed E-state index contributed by atoms with van der Waals surface area (Å²) >= 11 is 0. The van der Waals surface area contributed by atoms with E-state index in [1.54, 1.807) is 36.4 Å². The van der Waals surface area contributed by atoms with Gasteiger partial charge in [0.05, 0.1) is 23.5 Å². The van der Waals surface area contributed by atoms with Crippen LogP contribution in [0.1, 0.15) is 22.6 Å². The normalized spacial score (nSPS) is 17.3.